The van der Waals surface area contributed by atoms with Gasteiger partial charge in [0.2, 0.25) is 0 Å². The van der Waals surface area contributed by atoms with E-state index in [0.29, 0.717) is 0 Å². The van der Waals surface area contributed by atoms with Crippen molar-refractivity contribution in [1.29, 1.82) is 0 Å². The predicted octanol–water partition coefficient (Wildman–Crippen LogP) is 32.6. The Morgan fingerprint density at radius 3 is 0.913 bits per heavy atom. The SMILES string of the molecule is CC(C)(C)c1cc(-c2ccccc2)c(N2c3cc(N4c5ccccc5C(c5ccccc5)(c5ccccc5)c5ccccc54)ccc3B3c4ccc(N5c6ccccc6C(c6ccccc6)(c6ccccc6)c6ccccc65)cc4N(c4c(-c5ccccc5)cc(C(C)(C)C)c5oc6ccccc6c45)c4cc(-c5ccc(-n6c7ccccc7c7ccccc76)cc5)cc2c43)c2c1oc1ccccc12. The predicted molar refractivity (Wildman–Crippen MR) is 576 cm³/mol. The van der Waals surface area contributed by atoms with Gasteiger partial charge in [0.05, 0.1) is 66.8 Å². The summed E-state index contributed by atoms with van der Waals surface area (Å²) in [6.45, 7) is 13.6. The summed E-state index contributed by atoms with van der Waals surface area (Å²) >= 11 is 0. The maximum absolute atomic E-state index is 7.65. The van der Waals surface area contributed by atoms with Crippen molar-refractivity contribution in [1.82, 2.24) is 4.57 Å². The van der Waals surface area contributed by atoms with Crippen molar-refractivity contribution in [3.05, 3.63) is 517 Å². The highest BCUT2D eigenvalue weighted by atomic mass is 16.3. The van der Waals surface area contributed by atoms with E-state index >= 15 is 0 Å². The third kappa shape index (κ3) is 11.8. The van der Waals surface area contributed by atoms with Crippen LogP contribution in [0.4, 0.5) is 68.2 Å². The van der Waals surface area contributed by atoms with Gasteiger partial charge in [0.15, 0.2) is 0 Å². The van der Waals surface area contributed by atoms with E-state index in [0.717, 1.165) is 190 Å². The van der Waals surface area contributed by atoms with Crippen molar-refractivity contribution in [2.45, 2.75) is 63.2 Å². The monoisotopic (exact) mass is 1770 g/mol. The lowest BCUT2D eigenvalue weighted by atomic mass is 9.33. The number of fused-ring (bicyclic) bond motifs is 17. The minimum absolute atomic E-state index is 0.392. The van der Waals surface area contributed by atoms with Crippen LogP contribution in [0.5, 0.6) is 0 Å². The van der Waals surface area contributed by atoms with Crippen molar-refractivity contribution < 1.29 is 8.83 Å². The first kappa shape index (κ1) is 80.7. The summed E-state index contributed by atoms with van der Waals surface area (Å²) in [5.41, 5.74) is 38.5. The molecule has 138 heavy (non-hydrogen) atoms. The summed E-state index contributed by atoms with van der Waals surface area (Å²) in [6, 6.07) is 174. The van der Waals surface area contributed by atoms with Gasteiger partial charge in [0, 0.05) is 83.6 Å². The highest BCUT2D eigenvalue weighted by molar-refractivity contribution is 7.00. The second-order valence-corrected chi connectivity index (χ2v) is 39.6. The van der Waals surface area contributed by atoms with Gasteiger partial charge in [-0.1, -0.05) is 393 Å². The van der Waals surface area contributed by atoms with E-state index in [9.17, 15) is 0 Å². The molecule has 20 aromatic carbocycles. The van der Waals surface area contributed by atoms with Crippen LogP contribution in [-0.2, 0) is 21.7 Å². The number of aromatic nitrogens is 1. The molecule has 0 spiro atoms. The average molecular weight is 1770 g/mol. The van der Waals surface area contributed by atoms with Crippen molar-refractivity contribution in [3.8, 4) is 39.1 Å². The Hall–Kier alpha value is -16.9. The molecule has 0 N–H and O–H groups in total. The van der Waals surface area contributed by atoms with Crippen LogP contribution in [0.25, 0.3) is 105 Å². The minimum Gasteiger partial charge on any atom is -0.456 e. The molecular weight excluding hydrogens is 1670 g/mol. The Morgan fingerprint density at radius 1 is 0.239 bits per heavy atom. The summed E-state index contributed by atoms with van der Waals surface area (Å²) in [5.74, 6) is 0. The molecule has 0 aliphatic carbocycles. The summed E-state index contributed by atoms with van der Waals surface area (Å²) in [5, 5.41) is 6.54. The molecule has 7 heterocycles. The van der Waals surface area contributed by atoms with Crippen LogP contribution >= 0.6 is 0 Å². The Labute approximate surface area is 803 Å². The van der Waals surface area contributed by atoms with Crippen LogP contribution in [0.2, 0.25) is 0 Å². The lowest BCUT2D eigenvalue weighted by Gasteiger charge is -2.48. The summed E-state index contributed by atoms with van der Waals surface area (Å²) in [7, 11) is 0. The number of hydrogen-bond acceptors (Lipinski definition) is 6. The fourth-order valence-electron chi connectivity index (χ4n) is 24.3. The maximum Gasteiger partial charge on any atom is 0.252 e. The summed E-state index contributed by atoms with van der Waals surface area (Å²) in [4.78, 5) is 10.6. The van der Waals surface area contributed by atoms with Gasteiger partial charge >= 0.3 is 0 Å². The highest BCUT2D eigenvalue weighted by Gasteiger charge is 2.52. The highest BCUT2D eigenvalue weighted by Crippen LogP contribution is 2.64. The number of benzene rings is 20. The molecule has 4 aliphatic rings. The first-order valence-corrected chi connectivity index (χ1v) is 48.2. The molecule has 0 radical (unpaired) electrons. The van der Waals surface area contributed by atoms with E-state index in [1.54, 1.807) is 0 Å². The molecule has 0 unspecified atom stereocenters. The molecule has 0 bridgehead atoms. The zero-order valence-corrected chi connectivity index (χ0v) is 77.5. The molecule has 27 rings (SSSR count). The largest absolute Gasteiger partial charge is 0.456 e. The van der Waals surface area contributed by atoms with Crippen LogP contribution in [0.15, 0.2) is 470 Å². The number of anilines is 12. The van der Waals surface area contributed by atoms with Gasteiger partial charge < -0.3 is 33.0 Å². The van der Waals surface area contributed by atoms with Gasteiger partial charge in [-0.2, -0.15) is 0 Å². The van der Waals surface area contributed by atoms with Crippen LogP contribution in [0, 0.1) is 0 Å². The molecule has 0 atom stereocenters. The zero-order valence-electron chi connectivity index (χ0n) is 77.5. The summed E-state index contributed by atoms with van der Waals surface area (Å²) < 4.78 is 17.7. The van der Waals surface area contributed by atoms with Gasteiger partial charge in [-0.3, -0.25) is 0 Å². The molecule has 0 saturated heterocycles. The third-order valence-corrected chi connectivity index (χ3v) is 30.1. The average Bonchev–Trinajstić information content (AvgIpc) is 0.928. The first-order valence-electron chi connectivity index (χ1n) is 48.2. The van der Waals surface area contributed by atoms with E-state index in [-0.39, 0.29) is 0 Å². The molecule has 0 saturated carbocycles. The van der Waals surface area contributed by atoms with E-state index in [2.05, 4.69) is 527 Å². The van der Waals surface area contributed by atoms with E-state index < -0.39 is 28.4 Å². The number of furan rings is 2. The Morgan fingerprint density at radius 2 is 0.551 bits per heavy atom. The first-order chi connectivity index (χ1) is 67.8. The summed E-state index contributed by atoms with van der Waals surface area (Å²) in [6.07, 6.45) is 0. The van der Waals surface area contributed by atoms with Crippen LogP contribution in [-0.4, -0.2) is 11.3 Å². The molecule has 654 valence electrons. The van der Waals surface area contributed by atoms with Gasteiger partial charge in [-0.15, -0.1) is 0 Å². The molecular formula is C130H94BN5O2. The molecule has 0 amide bonds. The smallest absolute Gasteiger partial charge is 0.252 e. The van der Waals surface area contributed by atoms with Gasteiger partial charge in [0.1, 0.15) is 22.3 Å². The van der Waals surface area contributed by atoms with E-state index in [4.69, 9.17) is 8.83 Å². The second-order valence-electron chi connectivity index (χ2n) is 39.6. The fourth-order valence-corrected chi connectivity index (χ4v) is 24.3. The Kier molecular flexibility index (Phi) is 18.0. The lowest BCUT2D eigenvalue weighted by molar-refractivity contribution is 0.572. The molecule has 7 nitrogen and oxygen atoms in total. The van der Waals surface area contributed by atoms with Gasteiger partial charge in [-0.25, -0.2) is 0 Å². The second kappa shape index (κ2) is 30.8. The van der Waals surface area contributed by atoms with E-state index in [1.807, 2.05) is 0 Å². The molecule has 23 aromatic rings. The van der Waals surface area contributed by atoms with Crippen molar-refractivity contribution in [2.75, 3.05) is 19.6 Å². The van der Waals surface area contributed by atoms with Crippen LogP contribution in [0.3, 0.4) is 0 Å². The quantitative estimate of drug-likeness (QED) is 0.114. The Bertz CT molecular complexity index is 8210. The number of nitrogens with zero attached hydrogens (tertiary/aromatic N) is 5. The lowest BCUT2D eigenvalue weighted by Crippen LogP contribution is -2.61. The third-order valence-electron chi connectivity index (χ3n) is 30.1. The van der Waals surface area contributed by atoms with Gasteiger partial charge in [0.25, 0.3) is 6.71 Å². The maximum atomic E-state index is 7.65. The fraction of sp³-hybridized carbons (Fsp3) is 0.0769. The van der Waals surface area contributed by atoms with Crippen molar-refractivity contribution in [3.63, 3.8) is 0 Å². The molecule has 0 fully saturated rings. The van der Waals surface area contributed by atoms with Gasteiger partial charge in [-0.05, 0) is 203 Å². The topological polar surface area (TPSA) is 44.2 Å². The molecule has 3 aromatic heterocycles. The molecule has 4 aliphatic heterocycles. The van der Waals surface area contributed by atoms with Crippen molar-refractivity contribution in [2.24, 2.45) is 0 Å². The van der Waals surface area contributed by atoms with Crippen LogP contribution in [0.1, 0.15) is 97.2 Å². The standard InChI is InChI=1S/C130H94BN5O2/c1-127(2,3)104-81-98(84-41-13-7-14-42-84)123(120-96-55-27-39-67-118(96)137-125(104)120)135-114-79-92(133-110-63-35-29-57-100(110)129(87-45-17-9-18-46-87,88-47-19-10-20-48-88)101-58-30-36-64-111(101)133)73-75-106(114)131-107-76-74-93(134-112-65-37-31-59-102(112)130(89-49-21-11-22-50-89,90-51-23-12-24-52-90)103-60-32-38-66-113(103)134)80-115(107)136(124-99(85-43-15-8-16-44-85)82-105(128(4,5)6)126-121(124)97-56-28-40-68-119(97)138-126)117-78-86(77-116(135)122(117)131)83-69-71-91(72-70-83)132-108-61-33-25-53-94(108)95-54-26-34-62-109(95)132/h7-82H,1-6H3. The van der Waals surface area contributed by atoms with Crippen LogP contribution < -0.4 is 36.0 Å². The minimum atomic E-state index is -0.725. The van der Waals surface area contributed by atoms with Crippen molar-refractivity contribution >= 4 is 157 Å². The number of para-hydroxylation sites is 8. The number of hydrogen-bond donors (Lipinski definition) is 0. The molecule has 8 heteroatoms. The normalized spacial score (nSPS) is 13.9. The number of rotatable bonds is 12. The Balaban J connectivity index is 0.815. The zero-order chi connectivity index (χ0) is 92.0. The van der Waals surface area contributed by atoms with E-state index in [1.165, 1.54) is 55.3 Å².